The van der Waals surface area contributed by atoms with E-state index in [0.717, 1.165) is 37.0 Å². The van der Waals surface area contributed by atoms with Crippen molar-refractivity contribution in [1.29, 1.82) is 0 Å². The molecule has 2 N–H and O–H groups in total. The number of benzene rings is 2. The van der Waals surface area contributed by atoms with Crippen molar-refractivity contribution in [3.05, 3.63) is 78.2 Å². The van der Waals surface area contributed by atoms with Gasteiger partial charge in [-0.1, -0.05) is 30.3 Å². The average molecular weight is 399 g/mol. The Balaban J connectivity index is 1.28. The van der Waals surface area contributed by atoms with Crippen molar-refractivity contribution >= 4 is 27.6 Å². The number of aromatic nitrogens is 2. The number of pyridine rings is 1. The maximum Gasteiger partial charge on any atom is 0.237 e. The van der Waals surface area contributed by atoms with Crippen molar-refractivity contribution in [2.45, 2.75) is 25.9 Å². The average Bonchev–Trinajstić information content (AvgIpc) is 3.35. The van der Waals surface area contributed by atoms with Crippen molar-refractivity contribution in [1.82, 2.24) is 14.5 Å². The van der Waals surface area contributed by atoms with Crippen LogP contribution in [0.2, 0.25) is 0 Å². The molecule has 1 saturated heterocycles. The highest BCUT2D eigenvalue weighted by atomic mass is 16.1. The van der Waals surface area contributed by atoms with Gasteiger partial charge in [-0.05, 0) is 65.4 Å². The van der Waals surface area contributed by atoms with E-state index in [9.17, 15) is 4.79 Å². The van der Waals surface area contributed by atoms with E-state index >= 15 is 0 Å². The molecule has 0 saturated carbocycles. The van der Waals surface area contributed by atoms with Gasteiger partial charge in [-0.3, -0.25) is 14.7 Å². The lowest BCUT2D eigenvalue weighted by Gasteiger charge is -2.17. The van der Waals surface area contributed by atoms with Gasteiger partial charge in [0.2, 0.25) is 5.91 Å². The second-order valence-electron chi connectivity index (χ2n) is 8.41. The van der Waals surface area contributed by atoms with Crippen LogP contribution in [0.1, 0.15) is 17.5 Å². The Morgan fingerprint density at radius 2 is 2.07 bits per heavy atom. The molecule has 0 bridgehead atoms. The molecule has 0 radical (unpaired) electrons. The number of amides is 1. The molecule has 0 unspecified atom stereocenters. The number of primary amides is 1. The molecule has 0 aliphatic carbocycles. The van der Waals surface area contributed by atoms with Crippen molar-refractivity contribution < 1.29 is 4.79 Å². The molecular formula is C25H26N4O. The first-order valence-corrected chi connectivity index (χ1v) is 10.6. The third-order valence-electron chi connectivity index (χ3n) is 6.22. The fourth-order valence-electron chi connectivity index (χ4n) is 4.79. The van der Waals surface area contributed by atoms with Gasteiger partial charge in [0.1, 0.15) is 6.54 Å². The third-order valence-corrected chi connectivity index (χ3v) is 6.22. The van der Waals surface area contributed by atoms with Gasteiger partial charge in [-0.2, -0.15) is 0 Å². The lowest BCUT2D eigenvalue weighted by molar-refractivity contribution is -0.118. The quantitative estimate of drug-likeness (QED) is 0.538. The zero-order chi connectivity index (χ0) is 20.5. The summed E-state index contributed by atoms with van der Waals surface area (Å²) in [6, 6.07) is 17.2. The Labute approximate surface area is 176 Å². The molecule has 5 nitrogen and oxygen atoms in total. The fraction of sp³-hybridized carbons (Fsp3) is 0.280. The number of hydrogen-bond donors (Lipinski definition) is 1. The molecule has 152 valence electrons. The smallest absolute Gasteiger partial charge is 0.237 e. The van der Waals surface area contributed by atoms with E-state index in [-0.39, 0.29) is 12.5 Å². The van der Waals surface area contributed by atoms with Gasteiger partial charge in [0.05, 0.1) is 0 Å². The van der Waals surface area contributed by atoms with Crippen molar-refractivity contribution in [3.63, 3.8) is 0 Å². The number of fused-ring (bicyclic) bond motifs is 2. The van der Waals surface area contributed by atoms with Crippen LogP contribution in [0, 0.1) is 5.92 Å². The van der Waals surface area contributed by atoms with Crippen molar-refractivity contribution in [3.8, 4) is 0 Å². The Kier molecular flexibility index (Phi) is 4.97. The number of rotatable bonds is 6. The topological polar surface area (TPSA) is 64.2 Å². The maximum atomic E-state index is 11.3. The van der Waals surface area contributed by atoms with E-state index in [1.54, 1.807) is 0 Å². The molecular weight excluding hydrogens is 372 g/mol. The predicted molar refractivity (Wildman–Crippen MR) is 120 cm³/mol. The molecule has 5 heteroatoms. The number of nitrogens with two attached hydrogens (primary N) is 1. The molecule has 5 rings (SSSR count). The third kappa shape index (κ3) is 3.81. The van der Waals surface area contributed by atoms with Gasteiger partial charge in [0.15, 0.2) is 0 Å². The second-order valence-corrected chi connectivity index (χ2v) is 8.41. The summed E-state index contributed by atoms with van der Waals surface area (Å²) >= 11 is 0. The highest BCUT2D eigenvalue weighted by Crippen LogP contribution is 2.27. The van der Waals surface area contributed by atoms with E-state index < -0.39 is 0 Å². The Hall–Kier alpha value is -3.18. The van der Waals surface area contributed by atoms with Crippen LogP contribution < -0.4 is 5.73 Å². The van der Waals surface area contributed by atoms with Gasteiger partial charge in [0.25, 0.3) is 0 Å². The molecule has 2 aromatic carbocycles. The minimum atomic E-state index is -0.315. The summed E-state index contributed by atoms with van der Waals surface area (Å²) in [7, 11) is 0. The van der Waals surface area contributed by atoms with Gasteiger partial charge >= 0.3 is 0 Å². The zero-order valence-corrected chi connectivity index (χ0v) is 17.0. The maximum absolute atomic E-state index is 11.3. The van der Waals surface area contributed by atoms with E-state index in [4.69, 9.17) is 5.73 Å². The van der Waals surface area contributed by atoms with Crippen LogP contribution >= 0.6 is 0 Å². The van der Waals surface area contributed by atoms with Crippen LogP contribution in [0.4, 0.5) is 0 Å². The lowest BCUT2D eigenvalue weighted by Crippen LogP contribution is -2.21. The monoisotopic (exact) mass is 398 g/mol. The van der Waals surface area contributed by atoms with E-state index in [0.29, 0.717) is 5.92 Å². The molecule has 2 aromatic heterocycles. The van der Waals surface area contributed by atoms with E-state index in [1.165, 1.54) is 28.3 Å². The molecule has 3 heterocycles. The van der Waals surface area contributed by atoms with Crippen molar-refractivity contribution in [2.24, 2.45) is 11.7 Å². The van der Waals surface area contributed by atoms with Crippen molar-refractivity contribution in [2.75, 3.05) is 13.1 Å². The summed E-state index contributed by atoms with van der Waals surface area (Å²) < 4.78 is 1.93. The number of carbonyl (C=O) groups excluding carboxylic acids is 1. The van der Waals surface area contributed by atoms with Crippen LogP contribution in [-0.4, -0.2) is 33.4 Å². The predicted octanol–water partition coefficient (Wildman–Crippen LogP) is 3.74. The highest BCUT2D eigenvalue weighted by Gasteiger charge is 2.23. The highest BCUT2D eigenvalue weighted by molar-refractivity contribution is 5.85. The molecule has 1 aliphatic heterocycles. The number of likely N-dealkylation sites (tertiary alicyclic amines) is 1. The first-order valence-electron chi connectivity index (χ1n) is 10.6. The van der Waals surface area contributed by atoms with Gasteiger partial charge in [-0.25, -0.2) is 0 Å². The molecule has 0 spiro atoms. The SMILES string of the molecule is NC(=O)Cn1ccc2ccc(CN3CC[C@@H](Cc4cccc5cnccc45)C3)cc21. The Morgan fingerprint density at radius 1 is 1.13 bits per heavy atom. The van der Waals surface area contributed by atoms with Crippen LogP contribution in [0.25, 0.3) is 21.7 Å². The summed E-state index contributed by atoms with van der Waals surface area (Å²) in [5.74, 6) is 0.357. The lowest BCUT2D eigenvalue weighted by atomic mass is 9.95. The molecule has 1 amide bonds. The normalized spacial score (nSPS) is 17.1. The van der Waals surface area contributed by atoms with Gasteiger partial charge < -0.3 is 10.3 Å². The minimum Gasteiger partial charge on any atom is -0.368 e. The zero-order valence-electron chi connectivity index (χ0n) is 17.0. The van der Waals surface area contributed by atoms with Crippen LogP contribution in [0.15, 0.2) is 67.1 Å². The van der Waals surface area contributed by atoms with Gasteiger partial charge in [-0.15, -0.1) is 0 Å². The summed E-state index contributed by atoms with van der Waals surface area (Å²) in [4.78, 5) is 18.1. The van der Waals surface area contributed by atoms with Crippen LogP contribution in [0.5, 0.6) is 0 Å². The van der Waals surface area contributed by atoms with Crippen LogP contribution in [-0.2, 0) is 24.3 Å². The first-order chi connectivity index (χ1) is 14.7. The van der Waals surface area contributed by atoms with Crippen LogP contribution in [0.3, 0.4) is 0 Å². The Bertz CT molecular complexity index is 1210. The van der Waals surface area contributed by atoms with E-state index in [1.807, 2.05) is 29.2 Å². The summed E-state index contributed by atoms with van der Waals surface area (Å²) in [6.45, 7) is 3.39. The summed E-state index contributed by atoms with van der Waals surface area (Å²) in [6.07, 6.45) is 8.10. The molecule has 1 aliphatic rings. The largest absolute Gasteiger partial charge is 0.368 e. The number of nitrogens with zero attached hydrogens (tertiary/aromatic N) is 3. The molecule has 1 fully saturated rings. The summed E-state index contributed by atoms with van der Waals surface area (Å²) in [5.41, 5.74) is 9.17. The van der Waals surface area contributed by atoms with Gasteiger partial charge in [0, 0.05) is 42.6 Å². The number of carbonyl (C=O) groups is 1. The summed E-state index contributed by atoms with van der Waals surface area (Å²) in [5, 5.41) is 3.69. The number of hydrogen-bond acceptors (Lipinski definition) is 3. The first kappa shape index (κ1) is 18.8. The van der Waals surface area contributed by atoms with E-state index in [2.05, 4.69) is 52.3 Å². The fourth-order valence-corrected chi connectivity index (χ4v) is 4.79. The Morgan fingerprint density at radius 3 is 2.97 bits per heavy atom. The molecule has 30 heavy (non-hydrogen) atoms. The molecule has 4 aromatic rings. The second kappa shape index (κ2) is 7.92. The molecule has 1 atom stereocenters. The minimum absolute atomic E-state index is 0.222. The standard InChI is InChI=1S/C25H26N4O/c26-25(30)17-29-11-8-20-5-4-18(13-24(20)29)15-28-10-7-19(16-28)12-21-2-1-3-22-14-27-9-6-23(21)22/h1-6,8-9,11,13-14,19H,7,10,12,15-17H2,(H2,26,30)/t19-/m0/s1.